The number of Topliss-reactive ketones (excluding diaryl/α,β-unsaturated/α-hetero) is 1. The Kier molecular flexibility index (Phi) is 3.48. The monoisotopic (exact) mass is 262 g/mol. The Balaban J connectivity index is 1.74. The SMILES string of the molecule is Cc1occc1C(=O)C1CCOC2(CCCCC2)C1. The average molecular weight is 262 g/mol. The Morgan fingerprint density at radius 1 is 1.32 bits per heavy atom. The first-order chi connectivity index (χ1) is 9.20. The predicted molar refractivity (Wildman–Crippen MR) is 72.3 cm³/mol. The van der Waals surface area contributed by atoms with E-state index in [0.29, 0.717) is 0 Å². The number of ether oxygens (including phenoxy) is 1. The summed E-state index contributed by atoms with van der Waals surface area (Å²) in [7, 11) is 0. The minimum atomic E-state index is -0.00549. The summed E-state index contributed by atoms with van der Waals surface area (Å²) in [4.78, 5) is 12.6. The van der Waals surface area contributed by atoms with E-state index in [9.17, 15) is 4.79 Å². The smallest absolute Gasteiger partial charge is 0.169 e. The van der Waals surface area contributed by atoms with Crippen molar-refractivity contribution in [3.05, 3.63) is 23.7 Å². The van der Waals surface area contributed by atoms with Gasteiger partial charge in [-0.1, -0.05) is 19.3 Å². The molecule has 1 aromatic heterocycles. The van der Waals surface area contributed by atoms with Gasteiger partial charge in [-0.25, -0.2) is 0 Å². The largest absolute Gasteiger partial charge is 0.469 e. The maximum atomic E-state index is 12.6. The summed E-state index contributed by atoms with van der Waals surface area (Å²) >= 11 is 0. The number of aryl methyl sites for hydroxylation is 1. The zero-order valence-corrected chi connectivity index (χ0v) is 11.6. The van der Waals surface area contributed by atoms with Gasteiger partial charge in [0.25, 0.3) is 0 Å². The molecule has 2 heterocycles. The Labute approximate surface area is 114 Å². The summed E-state index contributed by atoms with van der Waals surface area (Å²) in [5.74, 6) is 1.11. The van der Waals surface area contributed by atoms with E-state index < -0.39 is 0 Å². The Bertz CT molecular complexity index is 449. The standard InChI is InChI=1S/C16H22O3/c1-12-14(6-9-18-12)15(17)13-5-10-19-16(11-13)7-3-2-4-8-16/h6,9,13H,2-5,7-8,10-11H2,1H3. The highest BCUT2D eigenvalue weighted by Crippen LogP contribution is 2.41. The topological polar surface area (TPSA) is 39.4 Å². The van der Waals surface area contributed by atoms with Crippen molar-refractivity contribution in [3.8, 4) is 0 Å². The van der Waals surface area contributed by atoms with Crippen LogP contribution in [0.15, 0.2) is 16.7 Å². The first-order valence-corrected chi connectivity index (χ1v) is 7.42. The van der Waals surface area contributed by atoms with Crippen LogP contribution in [0.2, 0.25) is 0 Å². The summed E-state index contributed by atoms with van der Waals surface area (Å²) in [5, 5.41) is 0. The maximum absolute atomic E-state index is 12.6. The molecule has 1 spiro atoms. The fourth-order valence-electron chi connectivity index (χ4n) is 3.66. The number of carbonyl (C=O) groups is 1. The molecule has 1 unspecified atom stereocenters. The zero-order chi connectivity index (χ0) is 13.3. The zero-order valence-electron chi connectivity index (χ0n) is 11.6. The predicted octanol–water partition coefficient (Wildman–Crippen LogP) is 3.90. The Hall–Kier alpha value is -1.09. The van der Waals surface area contributed by atoms with Gasteiger partial charge in [-0.2, -0.15) is 0 Å². The molecule has 104 valence electrons. The van der Waals surface area contributed by atoms with Crippen LogP contribution in [0.4, 0.5) is 0 Å². The van der Waals surface area contributed by atoms with Crippen LogP contribution in [0.5, 0.6) is 0 Å². The van der Waals surface area contributed by atoms with Crippen LogP contribution in [-0.2, 0) is 4.74 Å². The molecule has 2 fully saturated rings. The van der Waals surface area contributed by atoms with E-state index in [1.807, 2.05) is 6.92 Å². The van der Waals surface area contributed by atoms with Crippen molar-refractivity contribution in [1.82, 2.24) is 0 Å². The van der Waals surface area contributed by atoms with Crippen molar-refractivity contribution in [2.45, 2.75) is 57.5 Å². The molecule has 1 aromatic rings. The average Bonchev–Trinajstić information content (AvgIpc) is 2.85. The summed E-state index contributed by atoms with van der Waals surface area (Å²) in [6, 6.07) is 1.81. The number of rotatable bonds is 2. The number of hydrogen-bond acceptors (Lipinski definition) is 3. The summed E-state index contributed by atoms with van der Waals surface area (Å²) in [5.41, 5.74) is 0.756. The van der Waals surface area contributed by atoms with Crippen LogP contribution in [0.3, 0.4) is 0 Å². The van der Waals surface area contributed by atoms with Gasteiger partial charge in [0.05, 0.1) is 17.4 Å². The Morgan fingerprint density at radius 2 is 2.11 bits per heavy atom. The molecule has 1 aliphatic heterocycles. The molecule has 1 aliphatic carbocycles. The maximum Gasteiger partial charge on any atom is 0.169 e. The first-order valence-electron chi connectivity index (χ1n) is 7.42. The van der Waals surface area contributed by atoms with Crippen molar-refractivity contribution in [2.75, 3.05) is 6.61 Å². The molecule has 19 heavy (non-hydrogen) atoms. The molecule has 0 radical (unpaired) electrons. The molecule has 1 saturated heterocycles. The van der Waals surface area contributed by atoms with E-state index in [-0.39, 0.29) is 17.3 Å². The molecule has 1 atom stereocenters. The molecular formula is C16H22O3. The van der Waals surface area contributed by atoms with Gasteiger partial charge < -0.3 is 9.15 Å². The van der Waals surface area contributed by atoms with Crippen molar-refractivity contribution < 1.29 is 13.9 Å². The molecule has 3 nitrogen and oxygen atoms in total. The lowest BCUT2D eigenvalue weighted by molar-refractivity contribution is -0.111. The third kappa shape index (κ3) is 2.48. The quantitative estimate of drug-likeness (QED) is 0.759. The lowest BCUT2D eigenvalue weighted by atomic mass is 9.74. The molecule has 1 saturated carbocycles. The van der Waals surface area contributed by atoms with Crippen molar-refractivity contribution in [3.63, 3.8) is 0 Å². The van der Waals surface area contributed by atoms with Crippen LogP contribution < -0.4 is 0 Å². The van der Waals surface area contributed by atoms with E-state index in [1.54, 1.807) is 12.3 Å². The number of carbonyl (C=O) groups excluding carboxylic acids is 1. The van der Waals surface area contributed by atoms with E-state index in [1.165, 1.54) is 19.3 Å². The highest BCUT2D eigenvalue weighted by molar-refractivity contribution is 5.98. The summed E-state index contributed by atoms with van der Waals surface area (Å²) in [6.07, 6.45) is 9.41. The fraction of sp³-hybridized carbons (Fsp3) is 0.688. The van der Waals surface area contributed by atoms with E-state index in [4.69, 9.17) is 9.15 Å². The molecule has 3 rings (SSSR count). The van der Waals surface area contributed by atoms with Gasteiger partial charge in [-0.15, -0.1) is 0 Å². The fourth-order valence-corrected chi connectivity index (χ4v) is 3.66. The third-order valence-electron chi connectivity index (χ3n) is 4.75. The molecule has 3 heteroatoms. The normalized spacial score (nSPS) is 26.5. The molecule has 2 aliphatic rings. The van der Waals surface area contributed by atoms with E-state index in [2.05, 4.69) is 0 Å². The Morgan fingerprint density at radius 3 is 2.79 bits per heavy atom. The molecule has 0 N–H and O–H groups in total. The van der Waals surface area contributed by atoms with Gasteiger partial charge in [0, 0.05) is 12.5 Å². The minimum Gasteiger partial charge on any atom is -0.469 e. The first kappa shape index (κ1) is 12.9. The van der Waals surface area contributed by atoms with Gasteiger partial charge in [0.1, 0.15) is 5.76 Å². The minimum absolute atomic E-state index is 0.00549. The van der Waals surface area contributed by atoms with Gasteiger partial charge in [-0.05, 0) is 38.7 Å². The summed E-state index contributed by atoms with van der Waals surface area (Å²) < 4.78 is 11.3. The van der Waals surface area contributed by atoms with Crippen LogP contribution in [0.25, 0.3) is 0 Å². The highest BCUT2D eigenvalue weighted by Gasteiger charge is 2.41. The van der Waals surface area contributed by atoms with Crippen molar-refractivity contribution in [2.24, 2.45) is 5.92 Å². The molecular weight excluding hydrogens is 240 g/mol. The second-order valence-corrected chi connectivity index (χ2v) is 6.04. The third-order valence-corrected chi connectivity index (χ3v) is 4.75. The van der Waals surface area contributed by atoms with Crippen LogP contribution >= 0.6 is 0 Å². The van der Waals surface area contributed by atoms with E-state index >= 15 is 0 Å². The molecule has 0 bridgehead atoms. The van der Waals surface area contributed by atoms with Crippen LogP contribution in [-0.4, -0.2) is 18.0 Å². The number of ketones is 1. The van der Waals surface area contributed by atoms with Crippen molar-refractivity contribution in [1.29, 1.82) is 0 Å². The number of furan rings is 1. The van der Waals surface area contributed by atoms with Gasteiger partial charge in [0.15, 0.2) is 5.78 Å². The lowest BCUT2D eigenvalue weighted by Crippen LogP contribution is -2.43. The van der Waals surface area contributed by atoms with E-state index in [0.717, 1.165) is 43.6 Å². The van der Waals surface area contributed by atoms with Crippen LogP contribution in [0, 0.1) is 12.8 Å². The summed E-state index contributed by atoms with van der Waals surface area (Å²) in [6.45, 7) is 2.59. The van der Waals surface area contributed by atoms with Crippen molar-refractivity contribution >= 4 is 5.78 Å². The highest BCUT2D eigenvalue weighted by atomic mass is 16.5. The second-order valence-electron chi connectivity index (χ2n) is 6.04. The molecule has 0 aromatic carbocycles. The van der Waals surface area contributed by atoms with Gasteiger partial charge in [0.2, 0.25) is 0 Å². The van der Waals surface area contributed by atoms with Crippen LogP contribution in [0.1, 0.15) is 61.1 Å². The van der Waals surface area contributed by atoms with Gasteiger partial charge in [-0.3, -0.25) is 4.79 Å². The molecule has 0 amide bonds. The number of hydrogen-bond donors (Lipinski definition) is 0. The lowest BCUT2D eigenvalue weighted by Gasteiger charge is -2.43. The second kappa shape index (κ2) is 5.12. The van der Waals surface area contributed by atoms with Gasteiger partial charge >= 0.3 is 0 Å².